The molecule has 1 heterocycles. The van der Waals surface area contributed by atoms with Crippen LogP contribution in [0, 0.1) is 17.8 Å². The van der Waals surface area contributed by atoms with Crippen LogP contribution in [0.5, 0.6) is 5.75 Å². The van der Waals surface area contributed by atoms with Crippen LogP contribution in [0.2, 0.25) is 0 Å². The van der Waals surface area contributed by atoms with Crippen molar-refractivity contribution in [3.63, 3.8) is 0 Å². The maximum Gasteiger partial charge on any atom is 0.262 e. The van der Waals surface area contributed by atoms with Gasteiger partial charge in [0.15, 0.2) is 9.84 Å². The SMILES string of the molecule is CC#CCOc1ccc(S(=O)(=O)C(C(=O)NO)C2CCS(=O)(=O)CC2)cc1. The molecule has 1 aliphatic rings. The molecule has 1 unspecified atom stereocenters. The first-order valence-corrected chi connectivity index (χ1v) is 11.6. The molecule has 1 atom stereocenters. The molecule has 10 heteroatoms. The molecule has 1 aliphatic heterocycles. The topological polar surface area (TPSA) is 127 Å². The minimum absolute atomic E-state index is 0.0382. The molecule has 1 saturated heterocycles. The van der Waals surface area contributed by atoms with Gasteiger partial charge in [0.05, 0.1) is 16.4 Å². The zero-order valence-corrected chi connectivity index (χ0v) is 16.3. The monoisotopic (exact) mass is 415 g/mol. The number of hydrogen-bond donors (Lipinski definition) is 2. The number of hydrogen-bond acceptors (Lipinski definition) is 7. The zero-order chi connectivity index (χ0) is 20.1. The van der Waals surface area contributed by atoms with Gasteiger partial charge in [0.25, 0.3) is 5.91 Å². The smallest absolute Gasteiger partial charge is 0.262 e. The highest BCUT2D eigenvalue weighted by Gasteiger charge is 2.42. The van der Waals surface area contributed by atoms with Crippen molar-refractivity contribution in [3.05, 3.63) is 24.3 Å². The van der Waals surface area contributed by atoms with E-state index in [4.69, 9.17) is 9.94 Å². The number of benzene rings is 1. The third kappa shape index (κ3) is 5.22. The molecule has 0 saturated carbocycles. The third-order valence-electron chi connectivity index (χ3n) is 4.37. The van der Waals surface area contributed by atoms with Crippen LogP contribution < -0.4 is 10.2 Å². The van der Waals surface area contributed by atoms with Gasteiger partial charge in [0.1, 0.15) is 27.4 Å². The number of rotatable bonds is 6. The molecule has 0 radical (unpaired) electrons. The lowest BCUT2D eigenvalue weighted by Crippen LogP contribution is -2.46. The molecule has 8 nitrogen and oxygen atoms in total. The average molecular weight is 415 g/mol. The van der Waals surface area contributed by atoms with Crippen molar-refractivity contribution in [2.75, 3.05) is 18.1 Å². The Morgan fingerprint density at radius 1 is 1.30 bits per heavy atom. The molecule has 2 rings (SSSR count). The van der Waals surface area contributed by atoms with E-state index in [1.807, 2.05) is 0 Å². The number of hydroxylamine groups is 1. The molecule has 27 heavy (non-hydrogen) atoms. The minimum Gasteiger partial charge on any atom is -0.481 e. The number of sulfone groups is 2. The average Bonchev–Trinajstić information content (AvgIpc) is 2.63. The van der Waals surface area contributed by atoms with Crippen molar-refractivity contribution in [2.24, 2.45) is 5.92 Å². The fourth-order valence-electron chi connectivity index (χ4n) is 2.95. The number of ether oxygens (including phenoxy) is 1. The van der Waals surface area contributed by atoms with Crippen molar-refractivity contribution >= 4 is 25.6 Å². The number of carbonyl (C=O) groups excluding carboxylic acids is 1. The Labute approximate surface area is 158 Å². The van der Waals surface area contributed by atoms with E-state index in [2.05, 4.69) is 11.8 Å². The second kappa shape index (κ2) is 8.73. The van der Waals surface area contributed by atoms with Gasteiger partial charge in [-0.25, -0.2) is 22.3 Å². The largest absolute Gasteiger partial charge is 0.481 e. The van der Waals surface area contributed by atoms with Crippen molar-refractivity contribution in [2.45, 2.75) is 29.9 Å². The second-order valence-electron chi connectivity index (χ2n) is 6.12. The van der Waals surface area contributed by atoms with Crippen molar-refractivity contribution in [1.82, 2.24) is 5.48 Å². The molecular formula is C17H21NO7S2. The highest BCUT2D eigenvalue weighted by atomic mass is 32.2. The predicted octanol–water partition coefficient (Wildman–Crippen LogP) is 0.561. The second-order valence-corrected chi connectivity index (χ2v) is 10.5. The quantitative estimate of drug-likeness (QED) is 0.395. The van der Waals surface area contributed by atoms with E-state index in [-0.39, 0.29) is 35.8 Å². The summed E-state index contributed by atoms with van der Waals surface area (Å²) in [7, 11) is -7.37. The summed E-state index contributed by atoms with van der Waals surface area (Å²) in [6.45, 7) is 1.83. The summed E-state index contributed by atoms with van der Waals surface area (Å²) in [5, 5.41) is 7.42. The lowest BCUT2D eigenvalue weighted by Gasteiger charge is -2.28. The fourth-order valence-corrected chi connectivity index (χ4v) is 6.40. The Morgan fingerprint density at radius 3 is 2.41 bits per heavy atom. The van der Waals surface area contributed by atoms with Crippen molar-refractivity contribution in [3.8, 4) is 17.6 Å². The first kappa shape index (κ1) is 21.2. The van der Waals surface area contributed by atoms with Gasteiger partial charge in [0, 0.05) is 0 Å². The molecule has 0 bridgehead atoms. The van der Waals surface area contributed by atoms with Crippen LogP contribution in [0.1, 0.15) is 19.8 Å². The van der Waals surface area contributed by atoms with Gasteiger partial charge in [-0.05, 0) is 49.9 Å². The molecule has 1 fully saturated rings. The lowest BCUT2D eigenvalue weighted by atomic mass is 9.98. The van der Waals surface area contributed by atoms with E-state index in [0.29, 0.717) is 5.75 Å². The van der Waals surface area contributed by atoms with Gasteiger partial charge in [-0.15, -0.1) is 5.92 Å². The van der Waals surface area contributed by atoms with Gasteiger partial charge in [-0.2, -0.15) is 0 Å². The van der Waals surface area contributed by atoms with E-state index >= 15 is 0 Å². The summed E-state index contributed by atoms with van der Waals surface area (Å²) in [4.78, 5) is 12.0. The Kier molecular flexibility index (Phi) is 6.86. The first-order valence-electron chi connectivity index (χ1n) is 8.22. The molecule has 0 aromatic heterocycles. The molecule has 1 aromatic rings. The van der Waals surface area contributed by atoms with Crippen molar-refractivity contribution < 1.29 is 31.6 Å². The summed E-state index contributed by atoms with van der Waals surface area (Å²) in [5.74, 6) is 3.65. The van der Waals surface area contributed by atoms with E-state index in [1.165, 1.54) is 29.7 Å². The fraction of sp³-hybridized carbons (Fsp3) is 0.471. The van der Waals surface area contributed by atoms with Gasteiger partial charge in [-0.1, -0.05) is 5.92 Å². The molecule has 2 N–H and O–H groups in total. The summed E-state index contributed by atoms with van der Waals surface area (Å²) in [6, 6.07) is 5.51. The van der Waals surface area contributed by atoms with E-state index < -0.39 is 36.7 Å². The lowest BCUT2D eigenvalue weighted by molar-refractivity contribution is -0.129. The molecule has 1 amide bonds. The Balaban J connectivity index is 2.28. The Bertz CT molecular complexity index is 927. The summed E-state index contributed by atoms with van der Waals surface area (Å²) >= 11 is 0. The molecule has 0 spiro atoms. The van der Waals surface area contributed by atoms with Crippen LogP contribution in [0.15, 0.2) is 29.2 Å². The number of nitrogens with one attached hydrogen (secondary N) is 1. The van der Waals surface area contributed by atoms with Gasteiger partial charge in [0.2, 0.25) is 0 Å². The third-order valence-corrected chi connectivity index (χ3v) is 8.28. The van der Waals surface area contributed by atoms with Gasteiger partial charge in [-0.3, -0.25) is 10.0 Å². The first-order chi connectivity index (χ1) is 12.7. The highest BCUT2D eigenvalue weighted by molar-refractivity contribution is 7.93. The molecular weight excluding hydrogens is 394 g/mol. The normalized spacial score (nSPS) is 18.0. The van der Waals surface area contributed by atoms with Crippen LogP contribution in [-0.2, 0) is 24.5 Å². The Morgan fingerprint density at radius 2 is 1.89 bits per heavy atom. The summed E-state index contributed by atoms with van der Waals surface area (Å²) in [6.07, 6.45) is 0.0765. The van der Waals surface area contributed by atoms with E-state index in [9.17, 15) is 21.6 Å². The van der Waals surface area contributed by atoms with Crippen molar-refractivity contribution in [1.29, 1.82) is 0 Å². The van der Waals surface area contributed by atoms with Crippen LogP contribution in [-0.4, -0.2) is 51.3 Å². The zero-order valence-electron chi connectivity index (χ0n) is 14.7. The standard InChI is InChI=1S/C17H21NO7S2/c1-2-3-10-25-14-4-6-15(7-5-14)27(23,24)16(17(19)18-20)13-8-11-26(21,22)12-9-13/h4-7,13,16,20H,8-12H2,1H3,(H,18,19). The summed E-state index contributed by atoms with van der Waals surface area (Å²) in [5.41, 5.74) is 1.40. The molecule has 148 valence electrons. The van der Waals surface area contributed by atoms with Gasteiger partial charge < -0.3 is 4.74 Å². The minimum atomic E-state index is -4.14. The maximum absolute atomic E-state index is 13.0. The van der Waals surface area contributed by atoms with Crippen LogP contribution in [0.3, 0.4) is 0 Å². The van der Waals surface area contributed by atoms with Gasteiger partial charge >= 0.3 is 0 Å². The van der Waals surface area contributed by atoms with E-state index in [0.717, 1.165) is 0 Å². The predicted molar refractivity (Wildman–Crippen MR) is 97.7 cm³/mol. The van der Waals surface area contributed by atoms with E-state index in [1.54, 1.807) is 6.92 Å². The van der Waals surface area contributed by atoms with Crippen LogP contribution in [0.4, 0.5) is 0 Å². The molecule has 0 aliphatic carbocycles. The van der Waals surface area contributed by atoms with Crippen LogP contribution in [0.25, 0.3) is 0 Å². The highest BCUT2D eigenvalue weighted by Crippen LogP contribution is 2.31. The number of carbonyl (C=O) groups is 1. The maximum atomic E-state index is 13.0. The summed E-state index contributed by atoms with van der Waals surface area (Å²) < 4.78 is 54.5. The Hall–Kier alpha value is -2.09. The van der Waals surface area contributed by atoms with Crippen LogP contribution >= 0.6 is 0 Å². The molecule has 1 aromatic carbocycles. The number of amides is 1.